The van der Waals surface area contributed by atoms with Crippen LogP contribution in [-0.4, -0.2) is 32.4 Å². The molecule has 2 saturated heterocycles. The van der Waals surface area contributed by atoms with Crippen LogP contribution in [0, 0.1) is 19.3 Å². The van der Waals surface area contributed by atoms with Gasteiger partial charge in [-0.15, -0.1) is 9.05 Å². The second kappa shape index (κ2) is 9.97. The first-order valence-corrected chi connectivity index (χ1v) is 16.3. The van der Waals surface area contributed by atoms with Crippen LogP contribution in [0.15, 0.2) is 24.3 Å². The highest BCUT2D eigenvalue weighted by atomic mass is 31.2. The molecule has 3 aliphatic heterocycles. The van der Waals surface area contributed by atoms with E-state index < -0.39 is 26.9 Å². The van der Waals surface area contributed by atoms with Crippen molar-refractivity contribution in [3.63, 3.8) is 0 Å². The van der Waals surface area contributed by atoms with Crippen molar-refractivity contribution >= 4 is 22.0 Å². The summed E-state index contributed by atoms with van der Waals surface area (Å²) < 4.78 is 58.1. The fraction of sp³-hybridized carbons (Fsp3) is 0.567. The molecular weight excluding hydrogens is 566 g/mol. The van der Waals surface area contributed by atoms with E-state index in [0.717, 1.165) is 22.3 Å². The van der Waals surface area contributed by atoms with Gasteiger partial charge < -0.3 is 9.26 Å². The number of carbonyl (C=O) groups excluding carboxylic acids is 1. The number of benzene rings is 2. The average molecular weight is 606 g/mol. The van der Waals surface area contributed by atoms with E-state index in [1.807, 2.05) is 32.9 Å². The minimum atomic E-state index is -3.95. The number of esters is 1. The van der Waals surface area contributed by atoms with Crippen LogP contribution < -0.4 is 9.26 Å². The molecule has 0 radical (unpaired) electrons. The molecule has 2 aromatic rings. The van der Waals surface area contributed by atoms with Crippen LogP contribution in [0.2, 0.25) is 0 Å². The Morgan fingerprint density at radius 2 is 1.44 bits per heavy atom. The zero-order valence-electron chi connectivity index (χ0n) is 25.2. The molecule has 0 bridgehead atoms. The molecule has 1 atom stereocenters. The normalized spacial score (nSPS) is 29.4. The van der Waals surface area contributed by atoms with Gasteiger partial charge in [0, 0.05) is 15.7 Å². The predicted octanol–water partition coefficient (Wildman–Crippen LogP) is 7.35. The number of phosphoric ester groups is 1. The van der Waals surface area contributed by atoms with Crippen LogP contribution in [0.4, 0.5) is 0 Å². The van der Waals surface area contributed by atoms with Gasteiger partial charge in [0.15, 0.2) is 0 Å². The molecule has 222 valence electrons. The van der Waals surface area contributed by atoms with E-state index in [1.165, 1.54) is 0 Å². The highest BCUT2D eigenvalue weighted by molar-refractivity contribution is 7.49. The third kappa shape index (κ3) is 5.42. The number of phosphoric acid groups is 1. The largest absolute Gasteiger partial charge is 0.697 e. The Labute approximate surface area is 242 Å². The third-order valence-electron chi connectivity index (χ3n) is 8.16. The number of aryl methyl sites for hydroxylation is 2. The maximum Gasteiger partial charge on any atom is 0.697 e. The summed E-state index contributed by atoms with van der Waals surface area (Å²) in [5, 5.41) is 0. The zero-order valence-corrected chi connectivity index (χ0v) is 27.0. The average Bonchev–Trinajstić information content (AvgIpc) is 3.14. The number of hydrogen-bond donors (Lipinski definition) is 0. The van der Waals surface area contributed by atoms with Crippen LogP contribution >= 0.6 is 16.1 Å². The van der Waals surface area contributed by atoms with Crippen molar-refractivity contribution < 1.29 is 41.3 Å². The molecule has 1 unspecified atom stereocenters. The van der Waals surface area contributed by atoms with Gasteiger partial charge >= 0.3 is 22.0 Å². The molecule has 41 heavy (non-hydrogen) atoms. The summed E-state index contributed by atoms with van der Waals surface area (Å²) in [5.74, 6) is 0.643. The van der Waals surface area contributed by atoms with Gasteiger partial charge in [-0.3, -0.25) is 13.8 Å². The van der Waals surface area contributed by atoms with Gasteiger partial charge in [-0.25, -0.2) is 4.57 Å². The van der Waals surface area contributed by atoms with Crippen LogP contribution in [0.3, 0.4) is 0 Å². The summed E-state index contributed by atoms with van der Waals surface area (Å²) in [7, 11) is -6.10. The summed E-state index contributed by atoms with van der Waals surface area (Å²) in [4.78, 5) is 13.7. The fourth-order valence-electron chi connectivity index (χ4n) is 5.36. The van der Waals surface area contributed by atoms with Crippen molar-refractivity contribution in [2.24, 2.45) is 5.41 Å². The topological polar surface area (TPSA) is 107 Å². The van der Waals surface area contributed by atoms with Crippen molar-refractivity contribution in [3.05, 3.63) is 57.6 Å². The minimum absolute atomic E-state index is 0.0105. The second-order valence-electron chi connectivity index (χ2n) is 13.7. The molecule has 2 aromatic carbocycles. The monoisotopic (exact) mass is 605 g/mol. The van der Waals surface area contributed by atoms with Crippen LogP contribution in [0.25, 0.3) is 0 Å². The number of ether oxygens (including phenoxy) is 1. The molecule has 3 aliphatic rings. The van der Waals surface area contributed by atoms with Gasteiger partial charge in [0.1, 0.15) is 30.1 Å². The van der Waals surface area contributed by atoms with Gasteiger partial charge in [0.25, 0.3) is 0 Å². The van der Waals surface area contributed by atoms with Crippen molar-refractivity contribution in [1.29, 1.82) is 0 Å². The Balaban J connectivity index is 1.49. The second-order valence-corrected chi connectivity index (χ2v) is 16.3. The Morgan fingerprint density at radius 3 is 1.95 bits per heavy atom. The first kappa shape index (κ1) is 30.3. The lowest BCUT2D eigenvalue weighted by molar-refractivity contribution is -0.136. The number of fused-ring (bicyclic) bond motifs is 1. The molecule has 0 aliphatic carbocycles. The van der Waals surface area contributed by atoms with Crippen LogP contribution in [0.5, 0.6) is 11.5 Å². The van der Waals surface area contributed by atoms with E-state index in [4.69, 9.17) is 27.4 Å². The van der Waals surface area contributed by atoms with Gasteiger partial charge in [-0.2, -0.15) is 0 Å². The van der Waals surface area contributed by atoms with E-state index >= 15 is 0 Å². The quantitative estimate of drug-likeness (QED) is 0.202. The summed E-state index contributed by atoms with van der Waals surface area (Å²) in [6.45, 7) is 18.6. The SMILES string of the molecule is Cc1cc(C2(C)C(=O)Oc3c(C(C)(C)C)cc(C(C)(C)C)cc32)cc(C)c1OP1(=O)OCC2(CO[P+](=O)OC2)CO1. The van der Waals surface area contributed by atoms with Gasteiger partial charge in [-0.1, -0.05) is 65.8 Å². The Morgan fingerprint density at radius 1 is 0.878 bits per heavy atom. The van der Waals surface area contributed by atoms with E-state index in [0.29, 0.717) is 22.6 Å². The Hall–Kier alpha value is -2.12. The molecule has 1 spiro atoms. The Kier molecular flexibility index (Phi) is 7.38. The van der Waals surface area contributed by atoms with Crippen molar-refractivity contribution in [1.82, 2.24) is 0 Å². The number of hydrogen-bond acceptors (Lipinski definition) is 9. The van der Waals surface area contributed by atoms with Crippen LogP contribution in [-0.2, 0) is 48.3 Å². The summed E-state index contributed by atoms with van der Waals surface area (Å²) in [6, 6.07) is 7.99. The lowest BCUT2D eigenvalue weighted by Gasteiger charge is -2.36. The van der Waals surface area contributed by atoms with Gasteiger partial charge in [0.2, 0.25) is 0 Å². The predicted molar refractivity (Wildman–Crippen MR) is 154 cm³/mol. The van der Waals surface area contributed by atoms with Crippen molar-refractivity contribution in [2.75, 3.05) is 26.4 Å². The molecule has 9 nitrogen and oxygen atoms in total. The van der Waals surface area contributed by atoms with E-state index in [2.05, 4.69) is 53.7 Å². The molecule has 2 fully saturated rings. The van der Waals surface area contributed by atoms with E-state index in [9.17, 15) is 13.9 Å². The number of rotatable bonds is 3. The molecular formula is C30H39O9P2+. The van der Waals surface area contributed by atoms with Crippen molar-refractivity contribution in [2.45, 2.75) is 78.6 Å². The molecule has 0 aromatic heterocycles. The standard InChI is InChI=1S/C30H39O9P2/c1-18-10-21(11-19(2)24(18)39-41(33)36-16-30(17-37-41)14-34-40(32)35-15-30)29(9)23-13-20(27(3,4)5)12-22(28(6,7)8)25(23)38-26(29)31/h10-13H,14-17H2,1-9H3/q+1. The summed E-state index contributed by atoms with van der Waals surface area (Å²) >= 11 is 0. The van der Waals surface area contributed by atoms with E-state index in [-0.39, 0.29) is 43.2 Å². The maximum absolute atomic E-state index is 13.7. The molecule has 5 rings (SSSR count). The lowest BCUT2D eigenvalue weighted by atomic mass is 9.72. The van der Waals surface area contributed by atoms with Crippen molar-refractivity contribution in [3.8, 4) is 11.5 Å². The minimum Gasteiger partial charge on any atom is -0.425 e. The van der Waals surface area contributed by atoms with Gasteiger partial charge in [-0.05, 0) is 53.9 Å². The molecule has 11 heteroatoms. The highest BCUT2D eigenvalue weighted by Gasteiger charge is 2.52. The molecule has 0 amide bonds. The maximum atomic E-state index is 13.7. The first-order chi connectivity index (χ1) is 18.9. The smallest absolute Gasteiger partial charge is 0.425 e. The lowest BCUT2D eigenvalue weighted by Crippen LogP contribution is -2.45. The Bertz CT molecular complexity index is 1440. The zero-order chi connectivity index (χ0) is 30.2. The molecule has 0 saturated carbocycles. The highest BCUT2D eigenvalue weighted by Crippen LogP contribution is 2.57. The van der Waals surface area contributed by atoms with Crippen LogP contribution in [0.1, 0.15) is 81.8 Å². The first-order valence-electron chi connectivity index (χ1n) is 13.7. The summed E-state index contributed by atoms with van der Waals surface area (Å²) in [5.41, 5.74) is 2.94. The summed E-state index contributed by atoms with van der Waals surface area (Å²) in [6.07, 6.45) is 0. The number of carbonyl (C=O) groups is 1. The fourth-order valence-corrected chi connectivity index (χ4v) is 7.75. The van der Waals surface area contributed by atoms with E-state index in [1.54, 1.807) is 0 Å². The molecule has 0 N–H and O–H groups in total. The van der Waals surface area contributed by atoms with Gasteiger partial charge in [0.05, 0.1) is 18.6 Å². The third-order valence-corrected chi connectivity index (χ3v) is 10.1. The molecule has 3 heterocycles.